The van der Waals surface area contributed by atoms with Crippen LogP contribution in [-0.2, 0) is 6.54 Å². The van der Waals surface area contributed by atoms with Gasteiger partial charge < -0.3 is 15.2 Å². The summed E-state index contributed by atoms with van der Waals surface area (Å²) in [5.41, 5.74) is 2.40. The van der Waals surface area contributed by atoms with Crippen LogP contribution in [0.25, 0.3) is 10.9 Å². The van der Waals surface area contributed by atoms with E-state index in [1.165, 1.54) is 17.4 Å². The highest BCUT2D eigenvalue weighted by Gasteiger charge is 2.06. The Balaban J connectivity index is 1.84. The van der Waals surface area contributed by atoms with Crippen molar-refractivity contribution in [2.75, 3.05) is 20.1 Å². The van der Waals surface area contributed by atoms with Crippen molar-refractivity contribution in [3.63, 3.8) is 0 Å². The lowest BCUT2D eigenvalue weighted by molar-refractivity contribution is 0.252. The SMILES string of the molecule is CCC(C)N(C)CCNCc1c[nH]c2cc(Cl)ccc12. The highest BCUT2D eigenvalue weighted by molar-refractivity contribution is 6.31. The van der Waals surface area contributed by atoms with Gasteiger partial charge >= 0.3 is 0 Å². The van der Waals surface area contributed by atoms with Crippen LogP contribution in [0.2, 0.25) is 5.02 Å². The number of hydrogen-bond acceptors (Lipinski definition) is 2. The molecule has 20 heavy (non-hydrogen) atoms. The Kier molecular flexibility index (Phi) is 5.46. The second kappa shape index (κ2) is 7.11. The molecule has 4 heteroatoms. The first-order valence-electron chi connectivity index (χ1n) is 7.28. The maximum Gasteiger partial charge on any atom is 0.0472 e. The van der Waals surface area contributed by atoms with Gasteiger partial charge in [0.2, 0.25) is 0 Å². The van der Waals surface area contributed by atoms with Crippen LogP contribution >= 0.6 is 11.6 Å². The number of halogens is 1. The summed E-state index contributed by atoms with van der Waals surface area (Å²) in [5, 5.41) is 5.53. The van der Waals surface area contributed by atoms with Crippen molar-refractivity contribution in [1.29, 1.82) is 0 Å². The third-order valence-corrected chi connectivity index (χ3v) is 4.26. The fraction of sp³-hybridized carbons (Fsp3) is 0.500. The monoisotopic (exact) mass is 293 g/mol. The first-order valence-corrected chi connectivity index (χ1v) is 7.66. The van der Waals surface area contributed by atoms with E-state index in [4.69, 9.17) is 11.6 Å². The zero-order chi connectivity index (χ0) is 14.5. The molecule has 110 valence electrons. The minimum atomic E-state index is 0.645. The normalized spacial score (nSPS) is 13.2. The van der Waals surface area contributed by atoms with Crippen molar-refractivity contribution in [3.8, 4) is 0 Å². The Bertz CT molecular complexity index is 550. The summed E-state index contributed by atoms with van der Waals surface area (Å²) in [4.78, 5) is 5.66. The van der Waals surface area contributed by atoms with Crippen LogP contribution in [0.3, 0.4) is 0 Å². The molecule has 0 bridgehead atoms. The molecule has 1 aromatic carbocycles. The maximum atomic E-state index is 5.99. The molecule has 0 aliphatic rings. The van der Waals surface area contributed by atoms with E-state index in [2.05, 4.69) is 48.4 Å². The minimum Gasteiger partial charge on any atom is -0.361 e. The van der Waals surface area contributed by atoms with Gasteiger partial charge in [-0.2, -0.15) is 0 Å². The molecular formula is C16H24ClN3. The van der Waals surface area contributed by atoms with Crippen LogP contribution in [0.15, 0.2) is 24.4 Å². The van der Waals surface area contributed by atoms with Gasteiger partial charge in [0, 0.05) is 47.8 Å². The molecule has 0 aliphatic heterocycles. The van der Waals surface area contributed by atoms with Crippen LogP contribution in [0.1, 0.15) is 25.8 Å². The van der Waals surface area contributed by atoms with Crippen molar-refractivity contribution in [2.45, 2.75) is 32.9 Å². The number of aromatic amines is 1. The molecule has 2 rings (SSSR count). The predicted molar refractivity (Wildman–Crippen MR) is 87.4 cm³/mol. The number of hydrogen-bond donors (Lipinski definition) is 2. The molecule has 2 N–H and O–H groups in total. The van der Waals surface area contributed by atoms with E-state index in [1.807, 2.05) is 12.1 Å². The van der Waals surface area contributed by atoms with Gasteiger partial charge in [-0.15, -0.1) is 0 Å². The van der Waals surface area contributed by atoms with Crippen LogP contribution in [0, 0.1) is 0 Å². The summed E-state index contributed by atoms with van der Waals surface area (Å²) in [7, 11) is 2.18. The van der Waals surface area contributed by atoms with Crippen LogP contribution in [0.4, 0.5) is 0 Å². The molecule has 0 spiro atoms. The summed E-state index contributed by atoms with van der Waals surface area (Å²) in [6.45, 7) is 7.45. The minimum absolute atomic E-state index is 0.645. The highest BCUT2D eigenvalue weighted by atomic mass is 35.5. The number of fused-ring (bicyclic) bond motifs is 1. The second-order valence-corrected chi connectivity index (χ2v) is 5.85. The van der Waals surface area contributed by atoms with Crippen molar-refractivity contribution in [3.05, 3.63) is 35.0 Å². The topological polar surface area (TPSA) is 31.1 Å². The number of nitrogens with zero attached hydrogens (tertiary/aromatic N) is 1. The van der Waals surface area contributed by atoms with Crippen molar-refractivity contribution >= 4 is 22.5 Å². The molecule has 0 fully saturated rings. The molecule has 2 aromatic rings. The van der Waals surface area contributed by atoms with E-state index in [0.29, 0.717) is 6.04 Å². The molecule has 0 radical (unpaired) electrons. The van der Waals surface area contributed by atoms with Gasteiger partial charge in [-0.1, -0.05) is 24.6 Å². The third kappa shape index (κ3) is 3.75. The Hall–Kier alpha value is -1.03. The van der Waals surface area contributed by atoms with Crippen molar-refractivity contribution in [2.24, 2.45) is 0 Å². The molecule has 0 saturated heterocycles. The molecule has 3 nitrogen and oxygen atoms in total. The van der Waals surface area contributed by atoms with E-state index >= 15 is 0 Å². The lowest BCUT2D eigenvalue weighted by atomic mass is 10.2. The average molecular weight is 294 g/mol. The van der Waals surface area contributed by atoms with E-state index in [1.54, 1.807) is 0 Å². The molecule has 0 aliphatic carbocycles. The molecule has 1 aromatic heterocycles. The molecule has 0 saturated carbocycles. The van der Waals surface area contributed by atoms with Crippen LogP contribution in [0.5, 0.6) is 0 Å². The number of benzene rings is 1. The summed E-state index contributed by atoms with van der Waals surface area (Å²) < 4.78 is 0. The quantitative estimate of drug-likeness (QED) is 0.764. The molecule has 1 atom stereocenters. The zero-order valence-corrected chi connectivity index (χ0v) is 13.3. The van der Waals surface area contributed by atoms with Gasteiger partial charge in [0.05, 0.1) is 0 Å². The fourth-order valence-corrected chi connectivity index (χ4v) is 2.49. The standard InChI is InChI=1S/C16H24ClN3/c1-4-12(2)20(3)8-7-18-10-13-11-19-16-9-14(17)5-6-15(13)16/h5-6,9,11-12,18-19H,4,7-8,10H2,1-3H3. The van der Waals surface area contributed by atoms with Gasteiger partial charge in [-0.25, -0.2) is 0 Å². The Labute approximate surface area is 126 Å². The van der Waals surface area contributed by atoms with Crippen LogP contribution < -0.4 is 5.32 Å². The Morgan fingerprint density at radius 1 is 1.40 bits per heavy atom. The summed E-state index contributed by atoms with van der Waals surface area (Å²) >= 11 is 5.99. The number of aromatic nitrogens is 1. The van der Waals surface area contributed by atoms with E-state index in [-0.39, 0.29) is 0 Å². The first-order chi connectivity index (χ1) is 9.61. The van der Waals surface area contributed by atoms with E-state index in [0.717, 1.165) is 30.2 Å². The summed E-state index contributed by atoms with van der Waals surface area (Å²) in [6, 6.07) is 6.64. The average Bonchev–Trinajstić information content (AvgIpc) is 2.84. The van der Waals surface area contributed by atoms with Gasteiger partial charge in [0.25, 0.3) is 0 Å². The van der Waals surface area contributed by atoms with Gasteiger partial charge in [-0.05, 0) is 38.1 Å². The number of rotatable bonds is 7. The number of nitrogens with one attached hydrogen (secondary N) is 2. The van der Waals surface area contributed by atoms with E-state index < -0.39 is 0 Å². The lowest BCUT2D eigenvalue weighted by Gasteiger charge is -2.23. The Morgan fingerprint density at radius 3 is 2.95 bits per heavy atom. The highest BCUT2D eigenvalue weighted by Crippen LogP contribution is 2.21. The summed E-state index contributed by atoms with van der Waals surface area (Å²) in [6.07, 6.45) is 3.26. The van der Waals surface area contributed by atoms with Crippen molar-refractivity contribution < 1.29 is 0 Å². The van der Waals surface area contributed by atoms with Crippen molar-refractivity contribution in [1.82, 2.24) is 15.2 Å². The largest absolute Gasteiger partial charge is 0.361 e. The van der Waals surface area contributed by atoms with Gasteiger partial charge in [0.15, 0.2) is 0 Å². The second-order valence-electron chi connectivity index (χ2n) is 5.42. The van der Waals surface area contributed by atoms with Gasteiger partial charge in [0.1, 0.15) is 0 Å². The fourth-order valence-electron chi connectivity index (χ4n) is 2.32. The van der Waals surface area contributed by atoms with E-state index in [9.17, 15) is 0 Å². The number of H-pyrrole nitrogens is 1. The zero-order valence-electron chi connectivity index (χ0n) is 12.5. The molecule has 0 amide bonds. The van der Waals surface area contributed by atoms with Crippen LogP contribution in [-0.4, -0.2) is 36.1 Å². The molecule has 1 unspecified atom stereocenters. The first kappa shape index (κ1) is 15.4. The Morgan fingerprint density at radius 2 is 2.20 bits per heavy atom. The number of likely N-dealkylation sites (N-methyl/N-ethyl adjacent to an activating group) is 1. The summed E-state index contributed by atoms with van der Waals surface area (Å²) in [5.74, 6) is 0. The molecular weight excluding hydrogens is 270 g/mol. The molecule has 1 heterocycles. The van der Waals surface area contributed by atoms with Gasteiger partial charge in [-0.3, -0.25) is 0 Å². The smallest absolute Gasteiger partial charge is 0.0472 e. The third-order valence-electron chi connectivity index (χ3n) is 4.03. The lowest BCUT2D eigenvalue weighted by Crippen LogP contribution is -2.34. The predicted octanol–water partition coefficient (Wildman–Crippen LogP) is 3.64. The maximum absolute atomic E-state index is 5.99.